The topological polar surface area (TPSA) is 204 Å². The lowest BCUT2D eigenvalue weighted by Gasteiger charge is -2.24. The monoisotopic (exact) mass is 777 g/mol. The van der Waals surface area contributed by atoms with Gasteiger partial charge >= 0.3 is 12.2 Å². The number of aliphatic hydroxyl groups excluding tert-OH is 1. The Morgan fingerprint density at radius 2 is 1.62 bits per heavy atom. The zero-order valence-corrected chi connectivity index (χ0v) is 34.4. The summed E-state index contributed by atoms with van der Waals surface area (Å²) >= 11 is 0. The number of likely N-dealkylation sites (N-methyl/N-ethyl adjacent to an activating group) is 1. The van der Waals surface area contributed by atoms with Gasteiger partial charge in [-0.1, -0.05) is 43.7 Å². The smallest absolute Gasteiger partial charge is 0.407 e. The van der Waals surface area contributed by atoms with Crippen LogP contribution in [0.1, 0.15) is 105 Å². The van der Waals surface area contributed by atoms with E-state index in [1.807, 2.05) is 72.6 Å². The molecule has 4 amide bonds. The lowest BCUT2D eigenvalue weighted by molar-refractivity contribution is -0.137. The molecule has 0 radical (unpaired) electrons. The number of oxazole rings is 1. The molecule has 0 aliphatic carbocycles. The van der Waals surface area contributed by atoms with E-state index in [1.54, 1.807) is 30.2 Å². The highest BCUT2D eigenvalue weighted by molar-refractivity contribution is 5.89. The second-order valence-electron chi connectivity index (χ2n) is 13.2. The van der Waals surface area contributed by atoms with Crippen LogP contribution in [0.3, 0.4) is 0 Å². The van der Waals surface area contributed by atoms with E-state index in [0.717, 1.165) is 45.2 Å². The largest absolute Gasteiger partial charge is 0.465 e. The quantitative estimate of drug-likeness (QED) is 0.143. The Hall–Kier alpha value is -4.76. The average molecular weight is 777 g/mol. The zero-order chi connectivity index (χ0) is 42.2. The number of hydrogen-bond donors (Lipinski definition) is 5. The number of nitrogens with one attached hydrogen (secondary N) is 3. The number of ether oxygens (including phenoxy) is 1. The van der Waals surface area contributed by atoms with Crippen LogP contribution in [0.2, 0.25) is 0 Å². The molecule has 0 saturated carbocycles. The van der Waals surface area contributed by atoms with Gasteiger partial charge in [-0.25, -0.2) is 14.6 Å². The lowest BCUT2D eigenvalue weighted by atomic mass is 10.1. The summed E-state index contributed by atoms with van der Waals surface area (Å²) in [6.07, 6.45) is 10.4. The first-order chi connectivity index (χ1) is 26.2. The molecule has 15 heteroatoms. The van der Waals surface area contributed by atoms with E-state index in [-0.39, 0.29) is 36.9 Å². The van der Waals surface area contributed by atoms with Crippen LogP contribution in [0.15, 0.2) is 53.5 Å². The van der Waals surface area contributed by atoms with E-state index in [4.69, 9.17) is 19.1 Å². The van der Waals surface area contributed by atoms with Gasteiger partial charge in [-0.3, -0.25) is 9.59 Å². The minimum absolute atomic E-state index is 0.0176. The number of unbranched alkanes of at least 4 members (excludes halogenated alkanes) is 1. The van der Waals surface area contributed by atoms with Gasteiger partial charge in [-0.15, -0.1) is 6.58 Å². The Labute approximate surface area is 327 Å². The molecule has 5 N–H and O–H groups in total. The van der Waals surface area contributed by atoms with Gasteiger partial charge in [0.05, 0.1) is 13.1 Å². The number of benzene rings is 1. The van der Waals surface area contributed by atoms with Crippen molar-refractivity contribution >= 4 is 41.9 Å². The Morgan fingerprint density at radius 3 is 2.11 bits per heavy atom. The number of carboxylic acid groups (broad SMARTS) is 1. The normalized spacial score (nSPS) is 15.0. The Bertz CT molecular complexity index is 1350. The number of rotatable bonds is 9. The summed E-state index contributed by atoms with van der Waals surface area (Å²) in [4.78, 5) is 61.0. The van der Waals surface area contributed by atoms with Gasteiger partial charge in [0.15, 0.2) is 5.58 Å². The van der Waals surface area contributed by atoms with Crippen LogP contribution in [-0.4, -0.2) is 114 Å². The Balaban J connectivity index is 0. The SMILES string of the molecule is C/C=C/C.C=CC.C=O.CCCCNC(=O)OC(C)(C)C.CNCC(=O)N1CCCC1C(=O)NCC(O)c1nc2ccccc2o1.O=C(O)N1CCCCC1. The van der Waals surface area contributed by atoms with Gasteiger partial charge in [-0.2, -0.15) is 0 Å². The number of piperidine rings is 1. The second kappa shape index (κ2) is 31.6. The maximum absolute atomic E-state index is 12.4. The van der Waals surface area contributed by atoms with Crippen LogP contribution in [-0.2, 0) is 19.1 Å². The molecule has 2 aromatic rings. The van der Waals surface area contributed by atoms with E-state index in [0.29, 0.717) is 30.6 Å². The summed E-state index contributed by atoms with van der Waals surface area (Å²) in [6, 6.07) is 6.72. The van der Waals surface area contributed by atoms with Crippen LogP contribution in [0, 0.1) is 0 Å². The van der Waals surface area contributed by atoms with Crippen LogP contribution in [0.5, 0.6) is 0 Å². The summed E-state index contributed by atoms with van der Waals surface area (Å²) in [5.74, 6) is -0.201. The molecule has 0 bridgehead atoms. The fourth-order valence-electron chi connectivity index (χ4n) is 4.79. The summed E-state index contributed by atoms with van der Waals surface area (Å²) < 4.78 is 10.5. The van der Waals surface area contributed by atoms with Crippen molar-refractivity contribution in [1.82, 2.24) is 30.7 Å². The number of carbonyl (C=O) groups is 5. The predicted molar refractivity (Wildman–Crippen MR) is 217 cm³/mol. The van der Waals surface area contributed by atoms with E-state index >= 15 is 0 Å². The molecule has 15 nitrogen and oxygen atoms in total. The molecule has 3 heterocycles. The van der Waals surface area contributed by atoms with Crippen molar-refractivity contribution < 1.29 is 43.3 Å². The van der Waals surface area contributed by atoms with Crippen molar-refractivity contribution in [2.24, 2.45) is 0 Å². The van der Waals surface area contributed by atoms with E-state index < -0.39 is 23.8 Å². The van der Waals surface area contributed by atoms with Crippen LogP contribution in [0.4, 0.5) is 9.59 Å². The summed E-state index contributed by atoms with van der Waals surface area (Å²) in [5.41, 5.74) is 0.848. The highest BCUT2D eigenvalue weighted by Gasteiger charge is 2.34. The number of hydrogen-bond acceptors (Lipinski definition) is 10. The first-order valence-electron chi connectivity index (χ1n) is 18.8. The standard InChI is InChI=1S/C17H22N4O4.C9H19NO2.C6H11NO2.C4H8.C3H6.CH2O/c1-18-10-15(23)21-8-4-6-12(21)16(24)19-9-13(22)17-20-11-5-2-3-7-14(11)25-17;1-5-6-7-10-8(11)12-9(2,3)4;8-6(9)7-4-2-1-3-5-7;1-3-4-2;1-3-2;1-2/h2-3,5,7,12-13,18,22H,4,6,8-10H2,1H3,(H,19,24);5-7H2,1-4H3,(H,10,11);1-5H2,(H,8,9);3-4H,1-2H3;3H,1H2,2H3;1H2/b;;;4-3+;;. The van der Waals surface area contributed by atoms with Crippen LogP contribution < -0.4 is 16.0 Å². The molecule has 0 spiro atoms. The predicted octanol–water partition coefficient (Wildman–Crippen LogP) is 6.24. The third-order valence-corrected chi connectivity index (χ3v) is 7.43. The number of likely N-dealkylation sites (tertiary alicyclic amines) is 2. The van der Waals surface area contributed by atoms with Gasteiger partial charge in [0, 0.05) is 26.2 Å². The number of fused-ring (bicyclic) bond motifs is 1. The van der Waals surface area contributed by atoms with Crippen molar-refractivity contribution in [3.8, 4) is 0 Å². The summed E-state index contributed by atoms with van der Waals surface area (Å²) in [5, 5.41) is 26.8. The summed E-state index contributed by atoms with van der Waals surface area (Å²) in [7, 11) is 1.69. The molecule has 2 fully saturated rings. The first-order valence-corrected chi connectivity index (χ1v) is 18.8. The van der Waals surface area contributed by atoms with Crippen molar-refractivity contribution in [2.45, 2.75) is 111 Å². The Morgan fingerprint density at radius 1 is 1.02 bits per heavy atom. The van der Waals surface area contributed by atoms with Crippen LogP contribution in [0.25, 0.3) is 11.1 Å². The van der Waals surface area contributed by atoms with E-state index in [2.05, 4.69) is 34.4 Å². The van der Waals surface area contributed by atoms with Gasteiger partial charge < -0.3 is 49.9 Å². The summed E-state index contributed by atoms with van der Waals surface area (Å²) in [6.45, 7) is 21.8. The van der Waals surface area contributed by atoms with Gasteiger partial charge in [-0.05, 0) is 99.2 Å². The molecule has 4 rings (SSSR count). The van der Waals surface area contributed by atoms with Gasteiger partial charge in [0.2, 0.25) is 17.7 Å². The van der Waals surface area contributed by atoms with Crippen molar-refractivity contribution in [1.29, 1.82) is 0 Å². The number of nitrogens with zero attached hydrogens (tertiary/aromatic N) is 3. The number of aromatic nitrogens is 1. The highest BCUT2D eigenvalue weighted by Crippen LogP contribution is 2.21. The maximum atomic E-state index is 12.4. The van der Waals surface area contributed by atoms with E-state index in [9.17, 15) is 24.3 Å². The lowest BCUT2D eigenvalue weighted by Crippen LogP contribution is -2.48. The number of alkyl carbamates (subject to hydrolysis) is 1. The van der Waals surface area contributed by atoms with Gasteiger partial charge in [0.25, 0.3) is 0 Å². The molecule has 2 aliphatic heterocycles. The molecule has 2 atom stereocenters. The molecule has 2 aliphatic rings. The molecule has 2 saturated heterocycles. The van der Waals surface area contributed by atoms with E-state index in [1.165, 1.54) is 11.3 Å². The molecule has 55 heavy (non-hydrogen) atoms. The molecule has 1 aromatic heterocycles. The number of carbonyl (C=O) groups excluding carboxylic acids is 4. The molecule has 2 unspecified atom stereocenters. The molecular weight excluding hydrogens is 708 g/mol. The molecule has 312 valence electrons. The number of para-hydroxylation sites is 2. The fourth-order valence-corrected chi connectivity index (χ4v) is 4.79. The fraction of sp³-hybridized carbons (Fsp3) is 0.600. The number of amides is 4. The Kier molecular flexibility index (Phi) is 30.1. The second-order valence-corrected chi connectivity index (χ2v) is 13.2. The zero-order valence-electron chi connectivity index (χ0n) is 34.4. The van der Waals surface area contributed by atoms with Crippen molar-refractivity contribution in [2.75, 3.05) is 46.3 Å². The van der Waals surface area contributed by atoms with Crippen LogP contribution >= 0.6 is 0 Å². The third-order valence-electron chi connectivity index (χ3n) is 7.43. The molecular formula is C40H68N6O9. The highest BCUT2D eigenvalue weighted by atomic mass is 16.6. The minimum atomic E-state index is -1.04. The number of allylic oxidation sites excluding steroid dienone is 3. The first kappa shape index (κ1) is 52.3. The number of aliphatic hydroxyl groups is 1. The average Bonchev–Trinajstić information content (AvgIpc) is 3.84. The third kappa shape index (κ3) is 24.3. The van der Waals surface area contributed by atoms with Crippen molar-refractivity contribution in [3.63, 3.8) is 0 Å². The molecule has 1 aromatic carbocycles. The van der Waals surface area contributed by atoms with Crippen molar-refractivity contribution in [3.05, 3.63) is 55.0 Å². The van der Waals surface area contributed by atoms with Gasteiger partial charge in [0.1, 0.15) is 30.1 Å². The maximum Gasteiger partial charge on any atom is 0.407 e. The minimum Gasteiger partial charge on any atom is -0.465 e.